The Bertz CT molecular complexity index is 343. The number of hydrogen-bond acceptors (Lipinski definition) is 4. The summed E-state index contributed by atoms with van der Waals surface area (Å²) >= 11 is 0. The fourth-order valence-corrected chi connectivity index (χ4v) is 0.845. The average molecular weight is 265 g/mol. The lowest BCUT2D eigenvalue weighted by Gasteiger charge is -2.10. The number of nitrogens with one attached hydrogen (secondary N) is 1. The molecule has 0 fully saturated rings. The Hall–Kier alpha value is -1.37. The molecule has 0 spiro atoms. The lowest BCUT2D eigenvalue weighted by Crippen LogP contribution is -2.12. The Labute approximate surface area is 104 Å². The van der Waals surface area contributed by atoms with E-state index in [0.29, 0.717) is 6.54 Å². The van der Waals surface area contributed by atoms with Gasteiger partial charge in [-0.3, -0.25) is 0 Å². The van der Waals surface area contributed by atoms with Crippen LogP contribution in [0, 0.1) is 0 Å². The Kier molecular flexibility index (Phi) is 7.26. The zero-order chi connectivity index (χ0) is 14.2. The maximum atomic E-state index is 12.3. The number of aromatic nitrogens is 2. The van der Waals surface area contributed by atoms with E-state index in [-0.39, 0.29) is 11.9 Å². The van der Waals surface area contributed by atoms with Gasteiger partial charge in [-0.2, -0.15) is 13.2 Å². The molecular weight excluding hydrogens is 247 g/mol. The van der Waals surface area contributed by atoms with Crippen molar-refractivity contribution in [3.8, 4) is 0 Å². The molecular formula is C11H18F3N3O. The van der Waals surface area contributed by atoms with Crippen molar-refractivity contribution in [2.24, 2.45) is 0 Å². The lowest BCUT2D eigenvalue weighted by atomic mass is 10.3. The molecule has 0 aliphatic rings. The quantitative estimate of drug-likeness (QED) is 0.882. The van der Waals surface area contributed by atoms with Gasteiger partial charge in [0.2, 0.25) is 0 Å². The molecule has 0 aromatic carbocycles. The molecule has 0 aliphatic carbocycles. The highest BCUT2D eigenvalue weighted by Crippen LogP contribution is 2.32. The topological polar surface area (TPSA) is 58.0 Å². The first-order chi connectivity index (χ1) is 8.32. The summed E-state index contributed by atoms with van der Waals surface area (Å²) < 4.78 is 36.8. The van der Waals surface area contributed by atoms with E-state index in [1.165, 1.54) is 0 Å². The fourth-order valence-electron chi connectivity index (χ4n) is 0.845. The number of hydrogen-bond donors (Lipinski definition) is 2. The monoisotopic (exact) mass is 265 g/mol. The van der Waals surface area contributed by atoms with E-state index >= 15 is 0 Å². The predicted octanol–water partition coefficient (Wildman–Crippen LogP) is 2.70. The minimum Gasteiger partial charge on any atom is -0.393 e. The van der Waals surface area contributed by atoms with Crippen molar-refractivity contribution in [1.29, 1.82) is 0 Å². The van der Waals surface area contributed by atoms with Gasteiger partial charge in [-0.05, 0) is 20.3 Å². The average Bonchev–Trinajstić information content (AvgIpc) is 2.29. The van der Waals surface area contributed by atoms with Crippen molar-refractivity contribution in [2.45, 2.75) is 39.5 Å². The third-order valence-electron chi connectivity index (χ3n) is 1.95. The van der Waals surface area contributed by atoms with E-state index in [9.17, 15) is 13.2 Å². The van der Waals surface area contributed by atoms with E-state index in [2.05, 4.69) is 15.3 Å². The molecule has 0 saturated heterocycles. The second-order valence-electron chi connectivity index (χ2n) is 3.57. The molecule has 0 amide bonds. The maximum absolute atomic E-state index is 12.3. The molecule has 0 aliphatic heterocycles. The smallest absolute Gasteiger partial charge is 0.393 e. The molecule has 0 saturated carbocycles. The first kappa shape index (κ1) is 16.6. The fraction of sp³-hybridized carbons (Fsp3) is 0.636. The number of halogens is 3. The van der Waals surface area contributed by atoms with Crippen LogP contribution in [0.25, 0.3) is 0 Å². The van der Waals surface area contributed by atoms with Gasteiger partial charge in [0.25, 0.3) is 0 Å². The summed E-state index contributed by atoms with van der Waals surface area (Å²) in [4.78, 5) is 6.82. The van der Waals surface area contributed by atoms with E-state index in [0.717, 1.165) is 18.9 Å². The Morgan fingerprint density at radius 3 is 2.33 bits per heavy atom. The van der Waals surface area contributed by atoms with Gasteiger partial charge in [0.15, 0.2) is 0 Å². The summed E-state index contributed by atoms with van der Waals surface area (Å²) in [5.41, 5.74) is -0.836. The molecule has 2 N–H and O–H groups in total. The molecule has 4 nitrogen and oxygen atoms in total. The standard InChI is InChI=1S/C7H8F3N3.C4H10O/c1-2-12-6-5(7(8,9)10)3-11-4-13-6;1-3-4(2)5/h3-4H,2H2,1H3,(H,11,12,13);4-5H,3H2,1-2H3. The first-order valence-electron chi connectivity index (χ1n) is 5.62. The maximum Gasteiger partial charge on any atom is 0.421 e. The molecule has 0 radical (unpaired) electrons. The molecule has 1 rings (SSSR count). The van der Waals surface area contributed by atoms with Gasteiger partial charge in [-0.25, -0.2) is 9.97 Å². The summed E-state index contributed by atoms with van der Waals surface area (Å²) in [6.07, 6.45) is -1.83. The normalized spacial score (nSPS) is 12.4. The van der Waals surface area contributed by atoms with Crippen LogP contribution in [0.2, 0.25) is 0 Å². The molecule has 18 heavy (non-hydrogen) atoms. The van der Waals surface area contributed by atoms with Crippen LogP contribution in [0.1, 0.15) is 32.8 Å². The van der Waals surface area contributed by atoms with E-state index in [4.69, 9.17) is 5.11 Å². The molecule has 1 heterocycles. The lowest BCUT2D eigenvalue weighted by molar-refractivity contribution is -0.137. The summed E-state index contributed by atoms with van der Waals surface area (Å²) in [6, 6.07) is 0. The summed E-state index contributed by atoms with van der Waals surface area (Å²) in [5.74, 6) is -0.176. The van der Waals surface area contributed by atoms with Crippen LogP contribution in [-0.4, -0.2) is 27.7 Å². The Morgan fingerprint density at radius 1 is 1.39 bits per heavy atom. The molecule has 1 atom stereocenters. The van der Waals surface area contributed by atoms with Gasteiger partial charge >= 0.3 is 6.18 Å². The van der Waals surface area contributed by atoms with Crippen molar-refractivity contribution in [2.75, 3.05) is 11.9 Å². The van der Waals surface area contributed by atoms with Gasteiger partial charge < -0.3 is 10.4 Å². The van der Waals surface area contributed by atoms with Crippen LogP contribution in [0.15, 0.2) is 12.5 Å². The van der Waals surface area contributed by atoms with Gasteiger partial charge in [0.05, 0.1) is 6.10 Å². The van der Waals surface area contributed by atoms with E-state index < -0.39 is 11.7 Å². The third-order valence-corrected chi connectivity index (χ3v) is 1.95. The third kappa shape index (κ3) is 6.39. The van der Waals surface area contributed by atoms with Crippen LogP contribution in [-0.2, 0) is 6.18 Å². The minimum atomic E-state index is -4.40. The highest BCUT2D eigenvalue weighted by Gasteiger charge is 2.34. The second kappa shape index (κ2) is 7.86. The van der Waals surface area contributed by atoms with Crippen LogP contribution < -0.4 is 5.32 Å². The summed E-state index contributed by atoms with van der Waals surface area (Å²) in [6.45, 7) is 5.81. The van der Waals surface area contributed by atoms with E-state index in [1.54, 1.807) is 13.8 Å². The number of alkyl halides is 3. The molecule has 7 heteroatoms. The number of aliphatic hydroxyl groups is 1. The number of anilines is 1. The number of nitrogens with zero attached hydrogens (tertiary/aromatic N) is 2. The SMILES string of the molecule is CCC(C)O.CCNc1ncncc1C(F)(F)F. The van der Waals surface area contributed by atoms with Crippen LogP contribution in [0.5, 0.6) is 0 Å². The second-order valence-corrected chi connectivity index (χ2v) is 3.57. The van der Waals surface area contributed by atoms with Crippen LogP contribution in [0.3, 0.4) is 0 Å². The largest absolute Gasteiger partial charge is 0.421 e. The van der Waals surface area contributed by atoms with Crippen molar-refractivity contribution < 1.29 is 18.3 Å². The van der Waals surface area contributed by atoms with Gasteiger partial charge in [-0.15, -0.1) is 0 Å². The predicted molar refractivity (Wildman–Crippen MR) is 63.2 cm³/mol. The Morgan fingerprint density at radius 2 is 1.94 bits per heavy atom. The minimum absolute atomic E-state index is 0.116. The summed E-state index contributed by atoms with van der Waals surface area (Å²) in [5, 5.41) is 10.9. The van der Waals surface area contributed by atoms with Crippen LogP contribution in [0.4, 0.5) is 19.0 Å². The highest BCUT2D eigenvalue weighted by atomic mass is 19.4. The molecule has 1 aromatic rings. The van der Waals surface area contributed by atoms with Gasteiger partial charge in [-0.1, -0.05) is 6.92 Å². The van der Waals surface area contributed by atoms with Crippen molar-refractivity contribution in [3.05, 3.63) is 18.1 Å². The molecule has 0 bridgehead atoms. The highest BCUT2D eigenvalue weighted by molar-refractivity contribution is 5.43. The van der Waals surface area contributed by atoms with E-state index in [1.807, 2.05) is 6.92 Å². The van der Waals surface area contributed by atoms with Crippen molar-refractivity contribution in [3.63, 3.8) is 0 Å². The molecule has 1 unspecified atom stereocenters. The van der Waals surface area contributed by atoms with Crippen molar-refractivity contribution in [1.82, 2.24) is 9.97 Å². The number of aliphatic hydroxyl groups excluding tert-OH is 1. The number of rotatable bonds is 3. The Balaban J connectivity index is 0.000000494. The zero-order valence-corrected chi connectivity index (χ0v) is 10.6. The van der Waals surface area contributed by atoms with Gasteiger partial charge in [0.1, 0.15) is 17.7 Å². The molecule has 1 aromatic heterocycles. The first-order valence-corrected chi connectivity index (χ1v) is 5.62. The van der Waals surface area contributed by atoms with Gasteiger partial charge in [0, 0.05) is 12.7 Å². The van der Waals surface area contributed by atoms with Crippen molar-refractivity contribution >= 4 is 5.82 Å². The molecule has 104 valence electrons. The van der Waals surface area contributed by atoms with Crippen LogP contribution >= 0.6 is 0 Å². The zero-order valence-electron chi connectivity index (χ0n) is 10.6. The summed E-state index contributed by atoms with van der Waals surface area (Å²) in [7, 11) is 0.